The molecule has 1 N–H and O–H groups in total. The summed E-state index contributed by atoms with van der Waals surface area (Å²) < 4.78 is 4.84. The maximum absolute atomic E-state index is 10.5. The molecule has 0 saturated carbocycles. The van der Waals surface area contributed by atoms with Gasteiger partial charge in [0.15, 0.2) is 0 Å². The molecule has 0 bridgehead atoms. The van der Waals surface area contributed by atoms with Crippen LogP contribution in [0.3, 0.4) is 0 Å². The number of ether oxygens (including phenoxy) is 1. The van der Waals surface area contributed by atoms with Crippen LogP contribution in [0.5, 0.6) is 0 Å². The molecule has 152 valence electrons. The lowest BCUT2D eigenvalue weighted by atomic mass is 9.91. The minimum Gasteiger partial charge on any atom is -0.444 e. The number of alkyl carbamates (subject to hydrolysis) is 1. The molecule has 0 unspecified atom stereocenters. The molecule has 2 aromatic rings. The Hall–Kier alpha value is -2.49. The van der Waals surface area contributed by atoms with E-state index in [1.54, 1.807) is 11.1 Å². The predicted molar refractivity (Wildman–Crippen MR) is 117 cm³/mol. The lowest BCUT2D eigenvalue weighted by Gasteiger charge is -2.25. The SMILES string of the molecule is CCN(c1ccccc1)c1ccc2c(c1)CCCC2.CNC(=O)OC(C)(C)C. The quantitative estimate of drug-likeness (QED) is 0.722. The summed E-state index contributed by atoms with van der Waals surface area (Å²) in [5, 5.41) is 2.36. The van der Waals surface area contributed by atoms with Gasteiger partial charge in [0.25, 0.3) is 0 Å². The molecule has 1 aliphatic rings. The molecule has 1 aliphatic carbocycles. The molecule has 0 atom stereocenters. The van der Waals surface area contributed by atoms with E-state index in [0.717, 1.165) is 6.54 Å². The predicted octanol–water partition coefficient (Wildman–Crippen LogP) is 5.86. The average molecular weight is 383 g/mol. The number of nitrogens with zero attached hydrogens (tertiary/aromatic N) is 1. The topological polar surface area (TPSA) is 41.6 Å². The van der Waals surface area contributed by atoms with Crippen LogP contribution in [0.15, 0.2) is 48.5 Å². The number of nitrogens with one attached hydrogen (secondary N) is 1. The number of rotatable bonds is 3. The highest BCUT2D eigenvalue weighted by Crippen LogP contribution is 2.30. The lowest BCUT2D eigenvalue weighted by molar-refractivity contribution is 0.0541. The second-order valence-electron chi connectivity index (χ2n) is 7.99. The van der Waals surface area contributed by atoms with E-state index in [9.17, 15) is 4.79 Å². The maximum atomic E-state index is 10.5. The number of hydrogen-bond donors (Lipinski definition) is 1. The van der Waals surface area contributed by atoms with Crippen molar-refractivity contribution in [2.75, 3.05) is 18.5 Å². The highest BCUT2D eigenvalue weighted by atomic mass is 16.6. The van der Waals surface area contributed by atoms with Crippen molar-refractivity contribution < 1.29 is 9.53 Å². The van der Waals surface area contributed by atoms with Gasteiger partial charge in [-0.15, -0.1) is 0 Å². The van der Waals surface area contributed by atoms with Crippen LogP contribution in [0.25, 0.3) is 0 Å². The summed E-state index contributed by atoms with van der Waals surface area (Å²) in [6.07, 6.45) is 4.81. The Kier molecular flexibility index (Phi) is 7.91. The van der Waals surface area contributed by atoms with E-state index in [-0.39, 0.29) is 11.7 Å². The molecule has 4 nitrogen and oxygen atoms in total. The van der Waals surface area contributed by atoms with Crippen LogP contribution in [0.2, 0.25) is 0 Å². The summed E-state index contributed by atoms with van der Waals surface area (Å²) in [7, 11) is 1.54. The fraction of sp³-hybridized carbons (Fsp3) is 0.458. The molecule has 3 rings (SSSR count). The number of para-hydroxylation sites is 1. The van der Waals surface area contributed by atoms with E-state index in [2.05, 4.69) is 65.7 Å². The first-order chi connectivity index (χ1) is 13.3. The van der Waals surface area contributed by atoms with Gasteiger partial charge in [-0.05, 0) is 88.8 Å². The van der Waals surface area contributed by atoms with Crippen LogP contribution in [0.1, 0.15) is 51.7 Å². The Bertz CT molecular complexity index is 751. The van der Waals surface area contributed by atoms with Crippen LogP contribution >= 0.6 is 0 Å². The molecule has 2 aromatic carbocycles. The van der Waals surface area contributed by atoms with Crippen LogP contribution < -0.4 is 10.2 Å². The Morgan fingerprint density at radius 2 is 1.64 bits per heavy atom. The van der Waals surface area contributed by atoms with Gasteiger partial charge >= 0.3 is 6.09 Å². The first-order valence-corrected chi connectivity index (χ1v) is 10.2. The molecular weight excluding hydrogens is 348 g/mol. The number of carbonyl (C=O) groups is 1. The molecule has 0 heterocycles. The summed E-state index contributed by atoms with van der Waals surface area (Å²) in [4.78, 5) is 12.9. The average Bonchev–Trinajstić information content (AvgIpc) is 2.68. The normalized spacial score (nSPS) is 12.9. The minimum atomic E-state index is -0.389. The number of benzene rings is 2. The summed E-state index contributed by atoms with van der Waals surface area (Å²) in [5.41, 5.74) is 5.33. The number of carbonyl (C=O) groups excluding carboxylic acids is 1. The van der Waals surface area contributed by atoms with Crippen molar-refractivity contribution in [2.45, 2.75) is 59.0 Å². The van der Waals surface area contributed by atoms with Crippen molar-refractivity contribution in [1.82, 2.24) is 5.32 Å². The zero-order valence-electron chi connectivity index (χ0n) is 17.9. The minimum absolute atomic E-state index is 0.387. The van der Waals surface area contributed by atoms with Crippen LogP contribution in [-0.2, 0) is 17.6 Å². The molecule has 28 heavy (non-hydrogen) atoms. The van der Waals surface area contributed by atoms with Crippen molar-refractivity contribution in [1.29, 1.82) is 0 Å². The fourth-order valence-corrected chi connectivity index (χ4v) is 3.34. The molecule has 4 heteroatoms. The van der Waals surface area contributed by atoms with Gasteiger partial charge in [0.05, 0.1) is 0 Å². The van der Waals surface area contributed by atoms with Crippen molar-refractivity contribution in [2.24, 2.45) is 0 Å². The van der Waals surface area contributed by atoms with Gasteiger partial charge in [-0.25, -0.2) is 4.79 Å². The molecular formula is C24H34N2O2. The number of hydrogen-bond acceptors (Lipinski definition) is 3. The molecule has 0 saturated heterocycles. The van der Waals surface area contributed by atoms with E-state index in [4.69, 9.17) is 4.74 Å². The first kappa shape index (κ1) is 21.8. The smallest absolute Gasteiger partial charge is 0.407 e. The molecule has 0 radical (unpaired) electrons. The second-order valence-corrected chi connectivity index (χ2v) is 7.99. The molecule has 0 aromatic heterocycles. The van der Waals surface area contributed by atoms with Gasteiger partial charge in [-0.2, -0.15) is 0 Å². The molecule has 0 aliphatic heterocycles. The third kappa shape index (κ3) is 6.59. The van der Waals surface area contributed by atoms with Crippen LogP contribution in [0.4, 0.5) is 16.2 Å². The van der Waals surface area contributed by atoms with E-state index >= 15 is 0 Å². The molecule has 0 fully saturated rings. The summed E-state index contributed by atoms with van der Waals surface area (Å²) in [5.74, 6) is 0. The monoisotopic (exact) mass is 382 g/mol. The summed E-state index contributed by atoms with van der Waals surface area (Å²) in [6, 6.07) is 17.7. The summed E-state index contributed by atoms with van der Waals surface area (Å²) in [6.45, 7) is 8.68. The number of anilines is 2. The Morgan fingerprint density at radius 3 is 2.18 bits per heavy atom. The lowest BCUT2D eigenvalue weighted by Crippen LogP contribution is -2.30. The largest absolute Gasteiger partial charge is 0.444 e. The van der Waals surface area contributed by atoms with E-state index in [1.165, 1.54) is 44.1 Å². The number of aryl methyl sites for hydroxylation is 2. The van der Waals surface area contributed by atoms with Crippen molar-refractivity contribution >= 4 is 17.5 Å². The van der Waals surface area contributed by atoms with E-state index in [0.29, 0.717) is 0 Å². The Morgan fingerprint density at radius 1 is 1.00 bits per heavy atom. The third-order valence-corrected chi connectivity index (χ3v) is 4.63. The van der Waals surface area contributed by atoms with Crippen LogP contribution in [-0.4, -0.2) is 25.3 Å². The Labute approximate surface area is 169 Å². The van der Waals surface area contributed by atoms with Crippen molar-refractivity contribution in [3.63, 3.8) is 0 Å². The molecule has 1 amide bonds. The van der Waals surface area contributed by atoms with Gasteiger partial charge in [0.1, 0.15) is 5.60 Å². The van der Waals surface area contributed by atoms with Crippen molar-refractivity contribution in [3.05, 3.63) is 59.7 Å². The van der Waals surface area contributed by atoms with Gasteiger partial charge in [0, 0.05) is 25.0 Å². The summed E-state index contributed by atoms with van der Waals surface area (Å²) >= 11 is 0. The molecule has 0 spiro atoms. The van der Waals surface area contributed by atoms with Gasteiger partial charge < -0.3 is 15.0 Å². The van der Waals surface area contributed by atoms with E-state index in [1.807, 2.05) is 20.8 Å². The zero-order valence-corrected chi connectivity index (χ0v) is 17.9. The van der Waals surface area contributed by atoms with Gasteiger partial charge in [-0.1, -0.05) is 24.3 Å². The van der Waals surface area contributed by atoms with Crippen molar-refractivity contribution in [3.8, 4) is 0 Å². The third-order valence-electron chi connectivity index (χ3n) is 4.63. The van der Waals surface area contributed by atoms with Crippen LogP contribution in [0, 0.1) is 0 Å². The highest BCUT2D eigenvalue weighted by Gasteiger charge is 2.14. The first-order valence-electron chi connectivity index (χ1n) is 10.2. The number of fused-ring (bicyclic) bond motifs is 1. The second kappa shape index (κ2) is 10.2. The van der Waals surface area contributed by atoms with E-state index < -0.39 is 0 Å². The Balaban J connectivity index is 0.000000266. The number of amides is 1. The maximum Gasteiger partial charge on any atom is 0.407 e. The van der Waals surface area contributed by atoms with Gasteiger partial charge in [0.2, 0.25) is 0 Å². The fourth-order valence-electron chi connectivity index (χ4n) is 3.34. The zero-order chi connectivity index (χ0) is 20.6. The highest BCUT2D eigenvalue weighted by molar-refractivity contribution is 5.67. The standard InChI is InChI=1S/C18H21N.C6H13NO2/c1-2-19(17-10-4-3-5-11-17)18-13-12-15-8-6-7-9-16(15)14-18;1-6(2,3)9-5(8)7-4/h3-5,10-14H,2,6-9H2,1H3;1-4H3,(H,7,8). The van der Waals surface area contributed by atoms with Gasteiger partial charge in [-0.3, -0.25) is 0 Å².